The number of benzene rings is 2. The Balaban J connectivity index is 0.000000781. The van der Waals surface area contributed by atoms with Gasteiger partial charge in [0.05, 0.1) is 13.7 Å². The Morgan fingerprint density at radius 1 is 1.08 bits per heavy atom. The number of methoxy groups -OCH3 is 2. The molecule has 0 spiro atoms. The number of carbonyl (C=O) groups excluding carboxylic acids is 1. The zero-order valence-electron chi connectivity index (χ0n) is 22.7. The van der Waals surface area contributed by atoms with E-state index in [-0.39, 0.29) is 16.4 Å². The van der Waals surface area contributed by atoms with Crippen molar-refractivity contribution in [2.75, 3.05) is 41.0 Å². The molecule has 0 heterocycles. The normalized spacial score (nSPS) is 10.7. The number of nitrogens with zero attached hydrogens (tertiary/aromatic N) is 1. The highest BCUT2D eigenvalue weighted by atomic mass is 32.2. The molecule has 0 saturated carbocycles. The second-order valence-electron chi connectivity index (χ2n) is 8.93. The van der Waals surface area contributed by atoms with Crippen LogP contribution < -0.4 is 20.1 Å². The van der Waals surface area contributed by atoms with Crippen LogP contribution in [0.3, 0.4) is 0 Å². The number of thiocarbonyl (C=S) groups is 1. The van der Waals surface area contributed by atoms with Crippen LogP contribution in [0, 0.1) is 0 Å². The number of carbonyl (C=O) groups is 1. The maximum absolute atomic E-state index is 12.2. The van der Waals surface area contributed by atoms with Gasteiger partial charge in [0.15, 0.2) is 0 Å². The molecule has 2 aromatic carbocycles. The monoisotopic (exact) mass is 563 g/mol. The standard InChI is InChI=1S/C25H33NO4.C2H4N2O2S2/c1-25(2,3)21-9-12-23(29-5)20(18-21)8-13-24(27)26-15-14-19-6-10-22(11-7-19)30-17-16-28-4;1-3-2(7)4-8(5)6/h6-13,18H,14-17H2,1-5H3,(H,26,27);1H3,(H,3,7). The predicted octanol–water partition coefficient (Wildman–Crippen LogP) is 3.94. The van der Waals surface area contributed by atoms with E-state index in [1.54, 1.807) is 26.4 Å². The van der Waals surface area contributed by atoms with Gasteiger partial charge < -0.3 is 24.8 Å². The molecule has 0 aliphatic carbocycles. The van der Waals surface area contributed by atoms with Gasteiger partial charge in [0.2, 0.25) is 11.0 Å². The summed E-state index contributed by atoms with van der Waals surface area (Å²) in [6.45, 7) is 8.13. The first-order valence-corrected chi connectivity index (χ1v) is 13.3. The molecule has 0 bridgehead atoms. The summed E-state index contributed by atoms with van der Waals surface area (Å²) in [4.78, 5) is 12.2. The van der Waals surface area contributed by atoms with Crippen LogP contribution in [0.4, 0.5) is 0 Å². The molecule has 1 amide bonds. The quantitative estimate of drug-likeness (QED) is 0.254. The van der Waals surface area contributed by atoms with Crippen LogP contribution in [0.2, 0.25) is 0 Å². The van der Waals surface area contributed by atoms with Crippen molar-refractivity contribution in [2.45, 2.75) is 32.6 Å². The molecule has 2 rings (SSSR count). The Morgan fingerprint density at radius 3 is 2.29 bits per heavy atom. The highest BCUT2D eigenvalue weighted by Gasteiger charge is 2.15. The molecule has 0 fully saturated rings. The lowest BCUT2D eigenvalue weighted by Gasteiger charge is -2.20. The first kappa shape index (κ1) is 32.7. The molecule has 0 radical (unpaired) electrons. The molecular formula is C27H37N3O6S2. The first-order chi connectivity index (χ1) is 18.0. The van der Waals surface area contributed by atoms with Gasteiger partial charge in [0, 0.05) is 32.3 Å². The van der Waals surface area contributed by atoms with E-state index in [1.807, 2.05) is 30.3 Å². The molecule has 9 nitrogen and oxygen atoms in total. The third-order valence-corrected chi connectivity index (χ3v) is 5.82. The topological polar surface area (TPSA) is 115 Å². The maximum atomic E-state index is 12.2. The van der Waals surface area contributed by atoms with Crippen molar-refractivity contribution in [3.63, 3.8) is 0 Å². The second kappa shape index (κ2) is 17.3. The van der Waals surface area contributed by atoms with Crippen molar-refractivity contribution >= 4 is 39.8 Å². The Morgan fingerprint density at radius 2 is 1.76 bits per heavy atom. The fourth-order valence-electron chi connectivity index (χ4n) is 2.99. The van der Waals surface area contributed by atoms with Gasteiger partial charge in [-0.15, -0.1) is 4.36 Å². The number of rotatable bonds is 10. The zero-order valence-corrected chi connectivity index (χ0v) is 24.4. The number of hydrogen-bond donors (Lipinski definition) is 2. The third kappa shape index (κ3) is 13.3. The second-order valence-corrected chi connectivity index (χ2v) is 9.93. The Hall–Kier alpha value is -3.28. The van der Waals surface area contributed by atoms with E-state index in [4.69, 9.17) is 14.2 Å². The van der Waals surface area contributed by atoms with Crippen molar-refractivity contribution in [1.29, 1.82) is 0 Å². The molecule has 0 aromatic heterocycles. The molecule has 38 heavy (non-hydrogen) atoms. The summed E-state index contributed by atoms with van der Waals surface area (Å²) in [6.07, 6.45) is 4.10. The van der Waals surface area contributed by atoms with E-state index in [0.29, 0.717) is 19.8 Å². The lowest BCUT2D eigenvalue weighted by atomic mass is 9.86. The van der Waals surface area contributed by atoms with Crippen LogP contribution in [0.15, 0.2) is 52.9 Å². The van der Waals surface area contributed by atoms with Crippen molar-refractivity contribution < 1.29 is 27.4 Å². The van der Waals surface area contributed by atoms with Crippen molar-refractivity contribution in [3.8, 4) is 11.5 Å². The van der Waals surface area contributed by atoms with Gasteiger partial charge in [-0.2, -0.15) is 8.42 Å². The highest BCUT2D eigenvalue weighted by Crippen LogP contribution is 2.28. The predicted molar refractivity (Wildman–Crippen MR) is 154 cm³/mol. The van der Waals surface area contributed by atoms with Crippen LogP contribution in [-0.2, 0) is 31.9 Å². The van der Waals surface area contributed by atoms with Crippen LogP contribution in [0.1, 0.15) is 37.5 Å². The lowest BCUT2D eigenvalue weighted by molar-refractivity contribution is -0.116. The lowest BCUT2D eigenvalue weighted by Crippen LogP contribution is -2.23. The summed E-state index contributed by atoms with van der Waals surface area (Å²) in [6, 6.07) is 14.0. The van der Waals surface area contributed by atoms with Crippen molar-refractivity contribution in [2.24, 2.45) is 4.36 Å². The molecule has 208 valence electrons. The van der Waals surface area contributed by atoms with E-state index >= 15 is 0 Å². The van der Waals surface area contributed by atoms with Gasteiger partial charge in [-0.25, -0.2) is 0 Å². The van der Waals surface area contributed by atoms with Gasteiger partial charge in [-0.05, 0) is 65.5 Å². The molecule has 0 unspecified atom stereocenters. The third-order valence-electron chi connectivity index (χ3n) is 5.07. The van der Waals surface area contributed by atoms with Crippen LogP contribution in [0.5, 0.6) is 11.5 Å². The van der Waals surface area contributed by atoms with E-state index in [0.717, 1.165) is 29.0 Å². The summed E-state index contributed by atoms with van der Waals surface area (Å²) in [5.41, 5.74) is 3.25. The van der Waals surface area contributed by atoms with E-state index in [1.165, 1.54) is 12.6 Å². The zero-order chi connectivity index (χ0) is 28.6. The minimum absolute atomic E-state index is 0.0293. The average molecular weight is 564 g/mol. The van der Waals surface area contributed by atoms with Crippen LogP contribution in [-0.4, -0.2) is 60.5 Å². The number of amides is 1. The fourth-order valence-corrected chi connectivity index (χ4v) is 3.40. The molecule has 0 atom stereocenters. The molecule has 0 aliphatic heterocycles. The largest absolute Gasteiger partial charge is 0.496 e. The number of ether oxygens (including phenoxy) is 3. The number of nitrogens with one attached hydrogen (secondary N) is 2. The molecule has 2 N–H and O–H groups in total. The van der Waals surface area contributed by atoms with Gasteiger partial charge >= 0.3 is 10.5 Å². The summed E-state index contributed by atoms with van der Waals surface area (Å²) in [5, 5.41) is 5.26. The van der Waals surface area contributed by atoms with Gasteiger partial charge in [0.25, 0.3) is 0 Å². The van der Waals surface area contributed by atoms with Crippen molar-refractivity contribution in [3.05, 3.63) is 65.2 Å². The molecule has 11 heteroatoms. The molecule has 0 aliphatic rings. The minimum atomic E-state index is -2.42. The van der Waals surface area contributed by atoms with Crippen LogP contribution >= 0.6 is 12.2 Å². The highest BCUT2D eigenvalue weighted by molar-refractivity contribution is 7.81. The van der Waals surface area contributed by atoms with Gasteiger partial charge in [0.1, 0.15) is 18.1 Å². The van der Waals surface area contributed by atoms with Gasteiger partial charge in [-0.1, -0.05) is 39.0 Å². The van der Waals surface area contributed by atoms with Crippen molar-refractivity contribution in [1.82, 2.24) is 10.6 Å². The SMILES string of the molecule is CNC(=S)N=S(=O)=O.COCCOc1ccc(CCNC(=O)C=Cc2cc(C(C)(C)C)ccc2OC)cc1. The smallest absolute Gasteiger partial charge is 0.318 e. The van der Waals surface area contributed by atoms with Crippen LogP contribution in [0.25, 0.3) is 6.08 Å². The molecular weight excluding hydrogens is 526 g/mol. The summed E-state index contributed by atoms with van der Waals surface area (Å²) in [7, 11) is 2.36. The summed E-state index contributed by atoms with van der Waals surface area (Å²) < 4.78 is 38.2. The summed E-state index contributed by atoms with van der Waals surface area (Å²) in [5.74, 6) is 1.44. The summed E-state index contributed by atoms with van der Waals surface area (Å²) >= 11 is 4.36. The maximum Gasteiger partial charge on any atom is 0.318 e. The van der Waals surface area contributed by atoms with E-state index < -0.39 is 10.5 Å². The van der Waals surface area contributed by atoms with E-state index in [9.17, 15) is 13.2 Å². The van der Waals surface area contributed by atoms with Gasteiger partial charge in [-0.3, -0.25) is 4.79 Å². The number of hydrogen-bond acceptors (Lipinski definition) is 7. The van der Waals surface area contributed by atoms with E-state index in [2.05, 4.69) is 60.1 Å². The Labute approximate surface area is 232 Å². The first-order valence-electron chi connectivity index (χ1n) is 11.9. The minimum Gasteiger partial charge on any atom is -0.496 e. The molecule has 2 aromatic rings. The average Bonchev–Trinajstić information content (AvgIpc) is 2.87. The fraction of sp³-hybridized carbons (Fsp3) is 0.407. The Bertz CT molecular complexity index is 1200. The molecule has 0 saturated heterocycles. The Kier molecular flexibility index (Phi) is 14.9.